The summed E-state index contributed by atoms with van der Waals surface area (Å²) in [7, 11) is -1.28. The van der Waals surface area contributed by atoms with E-state index < -0.39 is 16.6 Å². The molecule has 1 aliphatic rings. The van der Waals surface area contributed by atoms with Gasteiger partial charge in [0.25, 0.3) is 0 Å². The fraction of sp³-hybridized carbons (Fsp3) is 0.250. The van der Waals surface area contributed by atoms with Crippen LogP contribution in [0.1, 0.15) is 17.9 Å². The van der Waals surface area contributed by atoms with Crippen molar-refractivity contribution in [2.45, 2.75) is 17.2 Å². The van der Waals surface area contributed by atoms with Crippen LogP contribution in [0, 0.1) is 5.82 Å². The first-order chi connectivity index (χ1) is 10.1. The van der Waals surface area contributed by atoms with Gasteiger partial charge in [-0.3, -0.25) is 4.21 Å². The molecule has 0 aliphatic carbocycles. The van der Waals surface area contributed by atoms with Crippen LogP contribution in [-0.4, -0.2) is 16.6 Å². The van der Waals surface area contributed by atoms with Gasteiger partial charge in [-0.05, 0) is 36.2 Å². The molecule has 0 saturated heterocycles. The minimum absolute atomic E-state index is 0.153. The highest BCUT2D eigenvalue weighted by atomic mass is 32.2. The van der Waals surface area contributed by atoms with Crippen LogP contribution in [-0.2, 0) is 10.8 Å². The summed E-state index contributed by atoms with van der Waals surface area (Å²) in [6, 6.07) is 11.9. The summed E-state index contributed by atoms with van der Waals surface area (Å²) in [6.45, 7) is 0.615. The summed E-state index contributed by atoms with van der Waals surface area (Å²) < 4.78 is 31.4. The van der Waals surface area contributed by atoms with Gasteiger partial charge in [0.1, 0.15) is 11.6 Å². The lowest BCUT2D eigenvalue weighted by Crippen LogP contribution is -2.19. The lowest BCUT2D eigenvalue weighted by molar-refractivity contribution is 0.273. The van der Waals surface area contributed by atoms with Crippen LogP contribution < -0.4 is 10.5 Å². The van der Waals surface area contributed by atoms with Crippen molar-refractivity contribution in [1.82, 2.24) is 0 Å². The molecular weight excluding hydrogens is 289 g/mol. The molecule has 2 atom stereocenters. The van der Waals surface area contributed by atoms with Gasteiger partial charge < -0.3 is 10.5 Å². The van der Waals surface area contributed by atoms with Crippen LogP contribution in [0.5, 0.6) is 5.75 Å². The number of halogens is 1. The van der Waals surface area contributed by atoms with Crippen LogP contribution >= 0.6 is 0 Å². The summed E-state index contributed by atoms with van der Waals surface area (Å²) in [6.07, 6.45) is 0.813. The van der Waals surface area contributed by atoms with Gasteiger partial charge in [-0.1, -0.05) is 18.2 Å². The molecule has 3 nitrogen and oxygen atoms in total. The fourth-order valence-electron chi connectivity index (χ4n) is 2.58. The third-order valence-electron chi connectivity index (χ3n) is 3.59. The maximum atomic E-state index is 13.4. The second kappa shape index (κ2) is 5.85. The van der Waals surface area contributed by atoms with E-state index in [4.69, 9.17) is 10.5 Å². The van der Waals surface area contributed by atoms with Crippen molar-refractivity contribution in [1.29, 1.82) is 0 Å². The van der Waals surface area contributed by atoms with E-state index in [-0.39, 0.29) is 5.92 Å². The monoisotopic (exact) mass is 305 g/mol. The van der Waals surface area contributed by atoms with Gasteiger partial charge in [-0.25, -0.2) is 4.39 Å². The minimum atomic E-state index is -1.28. The molecule has 0 fully saturated rings. The Balaban J connectivity index is 1.82. The van der Waals surface area contributed by atoms with E-state index in [1.54, 1.807) is 6.07 Å². The molecule has 0 amide bonds. The van der Waals surface area contributed by atoms with E-state index in [0.29, 0.717) is 22.9 Å². The van der Waals surface area contributed by atoms with E-state index in [1.807, 2.05) is 24.3 Å². The molecule has 1 heterocycles. The van der Waals surface area contributed by atoms with Crippen LogP contribution in [0.4, 0.5) is 10.1 Å². The first kappa shape index (κ1) is 14.1. The highest BCUT2D eigenvalue weighted by Gasteiger charge is 2.23. The van der Waals surface area contributed by atoms with Crippen molar-refractivity contribution in [3.63, 3.8) is 0 Å². The molecule has 0 spiro atoms. The van der Waals surface area contributed by atoms with Gasteiger partial charge >= 0.3 is 0 Å². The van der Waals surface area contributed by atoms with Crippen molar-refractivity contribution in [3.05, 3.63) is 53.8 Å². The molecule has 5 heteroatoms. The molecule has 1 aliphatic heterocycles. The standard InChI is InChI=1S/C16H16FNO2S/c17-12-7-13(18)9-14(8-12)21(19)10-11-5-6-20-16-4-2-1-3-15(11)16/h1-4,7-9,11H,5-6,10,18H2. The van der Waals surface area contributed by atoms with E-state index in [1.165, 1.54) is 12.1 Å². The second-order valence-corrected chi connectivity index (χ2v) is 6.60. The average molecular weight is 305 g/mol. The van der Waals surface area contributed by atoms with Crippen molar-refractivity contribution < 1.29 is 13.3 Å². The van der Waals surface area contributed by atoms with Crippen LogP contribution in [0.3, 0.4) is 0 Å². The summed E-state index contributed by atoms with van der Waals surface area (Å²) in [5.41, 5.74) is 6.98. The van der Waals surface area contributed by atoms with Crippen molar-refractivity contribution in [2.24, 2.45) is 0 Å². The highest BCUT2D eigenvalue weighted by Crippen LogP contribution is 2.34. The minimum Gasteiger partial charge on any atom is -0.493 e. The maximum absolute atomic E-state index is 13.4. The fourth-order valence-corrected chi connectivity index (χ4v) is 4.00. The Morgan fingerprint density at radius 3 is 2.90 bits per heavy atom. The largest absolute Gasteiger partial charge is 0.493 e. The van der Waals surface area contributed by atoms with Gasteiger partial charge in [0.15, 0.2) is 0 Å². The predicted molar refractivity (Wildman–Crippen MR) is 81.4 cm³/mol. The third kappa shape index (κ3) is 3.08. The Bertz CT molecular complexity index is 669. The zero-order valence-corrected chi connectivity index (χ0v) is 12.2. The zero-order valence-electron chi connectivity index (χ0n) is 11.4. The second-order valence-electron chi connectivity index (χ2n) is 5.10. The van der Waals surface area contributed by atoms with Crippen LogP contribution in [0.2, 0.25) is 0 Å². The SMILES string of the molecule is Nc1cc(F)cc(S(=O)CC2CCOc3ccccc32)c1. The quantitative estimate of drug-likeness (QED) is 0.887. The summed E-state index contributed by atoms with van der Waals surface area (Å²) in [5.74, 6) is 0.999. The van der Waals surface area contributed by atoms with Gasteiger partial charge in [-0.2, -0.15) is 0 Å². The lowest BCUT2D eigenvalue weighted by Gasteiger charge is -2.25. The molecule has 2 aromatic carbocycles. The zero-order chi connectivity index (χ0) is 14.8. The Hall–Kier alpha value is -1.88. The smallest absolute Gasteiger partial charge is 0.126 e. The molecular formula is C16H16FNO2S. The number of benzene rings is 2. The van der Waals surface area contributed by atoms with Crippen molar-refractivity contribution in [2.75, 3.05) is 18.1 Å². The molecule has 3 rings (SSSR count). The van der Waals surface area contributed by atoms with Gasteiger partial charge in [-0.15, -0.1) is 0 Å². The molecule has 0 aromatic heterocycles. The maximum Gasteiger partial charge on any atom is 0.126 e. The molecule has 0 saturated carbocycles. The summed E-state index contributed by atoms with van der Waals surface area (Å²) >= 11 is 0. The number of nitrogens with two attached hydrogens (primary N) is 1. The van der Waals surface area contributed by atoms with E-state index in [9.17, 15) is 8.60 Å². The van der Waals surface area contributed by atoms with Crippen molar-refractivity contribution in [3.8, 4) is 5.75 Å². The molecule has 21 heavy (non-hydrogen) atoms. The number of rotatable bonds is 3. The number of anilines is 1. The van der Waals surface area contributed by atoms with E-state index in [0.717, 1.165) is 17.7 Å². The average Bonchev–Trinajstić information content (AvgIpc) is 2.46. The summed E-state index contributed by atoms with van der Waals surface area (Å²) in [5, 5.41) is 0. The van der Waals surface area contributed by atoms with E-state index >= 15 is 0 Å². The molecule has 0 bridgehead atoms. The number of hydrogen-bond acceptors (Lipinski definition) is 3. The van der Waals surface area contributed by atoms with Gasteiger partial charge in [0.2, 0.25) is 0 Å². The number of para-hydroxylation sites is 1. The Morgan fingerprint density at radius 2 is 2.10 bits per heavy atom. The Labute approximate surface area is 125 Å². The van der Waals surface area contributed by atoms with E-state index in [2.05, 4.69) is 0 Å². The number of ether oxygens (including phenoxy) is 1. The predicted octanol–water partition coefficient (Wildman–Crippen LogP) is 3.08. The van der Waals surface area contributed by atoms with Crippen molar-refractivity contribution >= 4 is 16.5 Å². The van der Waals surface area contributed by atoms with Gasteiger partial charge in [0, 0.05) is 22.3 Å². The molecule has 2 aromatic rings. The van der Waals surface area contributed by atoms with Crippen LogP contribution in [0.15, 0.2) is 47.4 Å². The summed E-state index contributed by atoms with van der Waals surface area (Å²) in [4.78, 5) is 0.441. The number of nitrogen functional groups attached to an aromatic ring is 1. The molecule has 110 valence electrons. The molecule has 2 N–H and O–H groups in total. The van der Waals surface area contributed by atoms with Gasteiger partial charge in [0.05, 0.1) is 17.4 Å². The third-order valence-corrected chi connectivity index (χ3v) is 5.06. The Morgan fingerprint density at radius 1 is 1.29 bits per heavy atom. The first-order valence-corrected chi connectivity index (χ1v) is 8.11. The Kier molecular flexibility index (Phi) is 3.92. The number of fused-ring (bicyclic) bond motifs is 1. The number of hydrogen-bond donors (Lipinski definition) is 1. The van der Waals surface area contributed by atoms with Crippen LogP contribution in [0.25, 0.3) is 0 Å². The topological polar surface area (TPSA) is 52.3 Å². The lowest BCUT2D eigenvalue weighted by atomic mass is 9.95. The molecule has 2 unspecified atom stereocenters. The molecule has 0 radical (unpaired) electrons. The normalized spacial score (nSPS) is 18.6. The first-order valence-electron chi connectivity index (χ1n) is 6.79. The highest BCUT2D eigenvalue weighted by molar-refractivity contribution is 7.85.